The normalized spacial score (nSPS) is 11.4. The number of ether oxygens (including phenoxy) is 1. The fourth-order valence-corrected chi connectivity index (χ4v) is 4.46. The number of para-hydroxylation sites is 2. The van der Waals surface area contributed by atoms with Crippen molar-refractivity contribution < 1.29 is 17.7 Å². The first-order chi connectivity index (χ1) is 17.4. The third-order valence-corrected chi connectivity index (χ3v) is 6.35. The molecule has 37 heavy (non-hydrogen) atoms. The third-order valence-electron chi connectivity index (χ3n) is 5.46. The molecule has 0 atom stereocenters. The average Bonchev–Trinajstić information content (AvgIpc) is 2.89. The Bertz CT molecular complexity index is 1690. The van der Waals surface area contributed by atoms with Crippen LogP contribution in [-0.4, -0.2) is 47.5 Å². The molecule has 0 saturated carbocycles. The second-order valence-corrected chi connectivity index (χ2v) is 9.23. The Morgan fingerprint density at radius 2 is 1.49 bits per heavy atom. The molecule has 0 amide bonds. The number of aromatic nitrogens is 1. The van der Waals surface area contributed by atoms with Crippen LogP contribution in [0.1, 0.15) is 0 Å². The minimum atomic E-state index is -4.50. The Balaban J connectivity index is 0.00000320. The molecule has 0 bridgehead atoms. The van der Waals surface area contributed by atoms with E-state index in [0.29, 0.717) is 33.7 Å². The van der Waals surface area contributed by atoms with Gasteiger partial charge in [0.25, 0.3) is 10.1 Å². The van der Waals surface area contributed by atoms with Crippen LogP contribution in [0.25, 0.3) is 22.0 Å². The zero-order chi connectivity index (χ0) is 25.1. The van der Waals surface area contributed by atoms with Gasteiger partial charge in [0.05, 0.1) is 17.6 Å². The van der Waals surface area contributed by atoms with Gasteiger partial charge in [-0.2, -0.15) is 8.42 Å². The summed E-state index contributed by atoms with van der Waals surface area (Å²) in [5.41, 5.74) is 8.50. The summed E-state index contributed by atoms with van der Waals surface area (Å²) >= 11 is 0. The van der Waals surface area contributed by atoms with Crippen molar-refractivity contribution in [3.05, 3.63) is 103 Å². The van der Waals surface area contributed by atoms with Crippen LogP contribution >= 0.6 is 0 Å². The molecule has 0 unspecified atom stereocenters. The van der Waals surface area contributed by atoms with Crippen molar-refractivity contribution in [3.8, 4) is 22.8 Å². The van der Waals surface area contributed by atoms with E-state index in [-0.39, 0.29) is 45.8 Å². The molecule has 180 valence electrons. The first kappa shape index (κ1) is 26.5. The molecular weight excluding hydrogens is 499 g/mol. The summed E-state index contributed by atoms with van der Waals surface area (Å²) in [4.78, 5) is 4.20. The first-order valence-electron chi connectivity index (χ1n) is 10.9. The fraction of sp³-hybridized carbons (Fsp3) is 0. The number of azo groups is 1. The van der Waals surface area contributed by atoms with Gasteiger partial charge in [-0.15, -0.1) is 10.2 Å². The van der Waals surface area contributed by atoms with Crippen LogP contribution in [0.15, 0.2) is 118 Å². The molecule has 0 spiro atoms. The van der Waals surface area contributed by atoms with Crippen molar-refractivity contribution in [2.75, 3.05) is 5.73 Å². The molecule has 1 aromatic heterocycles. The topological polar surface area (TPSA) is 127 Å². The van der Waals surface area contributed by atoms with Crippen LogP contribution < -0.4 is 10.5 Å². The molecule has 0 saturated heterocycles. The average molecular weight is 521 g/mol. The molecule has 8 nitrogen and oxygen atoms in total. The third kappa shape index (κ3) is 5.87. The Morgan fingerprint density at radius 3 is 2.19 bits per heavy atom. The van der Waals surface area contributed by atoms with E-state index in [4.69, 9.17) is 10.5 Å². The Kier molecular flexibility index (Phi) is 8.01. The standard InChI is InChI=1S/C27H20N4O4S.Na.H/c28-27-21-11-5-4-10-20(21)26(36(32,33)34)16-24(27)31-30-18-14-15-23(29-17-18)22-12-6-7-13-25(22)35-19-8-2-1-3-9-19;;/h1-17H,28H2,(H,32,33,34);;/b31-30+;;. The van der Waals surface area contributed by atoms with Gasteiger partial charge >= 0.3 is 29.6 Å². The van der Waals surface area contributed by atoms with E-state index < -0.39 is 10.1 Å². The maximum absolute atomic E-state index is 11.9. The minimum absolute atomic E-state index is 0. The predicted octanol–water partition coefficient (Wildman–Crippen LogP) is 6.29. The van der Waals surface area contributed by atoms with Gasteiger partial charge in [-0.25, -0.2) is 0 Å². The van der Waals surface area contributed by atoms with Crippen molar-refractivity contribution >= 4 is 67.5 Å². The van der Waals surface area contributed by atoms with Gasteiger partial charge < -0.3 is 10.5 Å². The van der Waals surface area contributed by atoms with Gasteiger partial charge in [0.2, 0.25) is 0 Å². The van der Waals surface area contributed by atoms with Gasteiger partial charge in [0.1, 0.15) is 27.8 Å². The quantitative estimate of drug-likeness (QED) is 0.117. The van der Waals surface area contributed by atoms with Crippen LogP contribution in [0.3, 0.4) is 0 Å². The van der Waals surface area contributed by atoms with E-state index in [0.717, 1.165) is 5.56 Å². The van der Waals surface area contributed by atoms with Gasteiger partial charge in [-0.05, 0) is 42.5 Å². The van der Waals surface area contributed by atoms with Crippen molar-refractivity contribution in [3.63, 3.8) is 0 Å². The molecule has 10 heteroatoms. The number of hydrogen-bond donors (Lipinski definition) is 2. The van der Waals surface area contributed by atoms with Crippen LogP contribution in [0.2, 0.25) is 0 Å². The van der Waals surface area contributed by atoms with E-state index in [2.05, 4.69) is 15.2 Å². The Morgan fingerprint density at radius 1 is 0.811 bits per heavy atom. The number of nitrogen functional groups attached to an aromatic ring is 1. The molecule has 0 aliphatic carbocycles. The summed E-state index contributed by atoms with van der Waals surface area (Å²) in [6.45, 7) is 0. The van der Waals surface area contributed by atoms with Gasteiger partial charge in [0, 0.05) is 16.3 Å². The Hall–Kier alpha value is -3.60. The van der Waals surface area contributed by atoms with Crippen LogP contribution in [0.5, 0.6) is 11.5 Å². The predicted molar refractivity (Wildman–Crippen MR) is 146 cm³/mol. The summed E-state index contributed by atoms with van der Waals surface area (Å²) in [5.74, 6) is 1.37. The van der Waals surface area contributed by atoms with Crippen molar-refractivity contribution in [2.24, 2.45) is 10.2 Å². The fourth-order valence-electron chi connectivity index (χ4n) is 3.75. The van der Waals surface area contributed by atoms with Gasteiger partial charge in [-0.3, -0.25) is 9.54 Å². The number of nitrogens with two attached hydrogens (primary N) is 1. The molecule has 3 N–H and O–H groups in total. The molecule has 0 radical (unpaired) electrons. The summed E-state index contributed by atoms with van der Waals surface area (Å²) in [5, 5.41) is 9.06. The zero-order valence-corrected chi connectivity index (χ0v) is 19.6. The molecule has 4 aromatic carbocycles. The number of rotatable bonds is 6. The summed E-state index contributed by atoms with van der Waals surface area (Å²) in [6, 6.07) is 28.4. The molecular formula is C27H21N4NaO4S. The van der Waals surface area contributed by atoms with Crippen molar-refractivity contribution in [2.45, 2.75) is 4.90 Å². The molecule has 5 rings (SSSR count). The van der Waals surface area contributed by atoms with Crippen molar-refractivity contribution in [1.29, 1.82) is 0 Å². The van der Waals surface area contributed by atoms with Gasteiger partial charge in [-0.1, -0.05) is 54.6 Å². The first-order valence-corrected chi connectivity index (χ1v) is 12.3. The monoisotopic (exact) mass is 520 g/mol. The number of pyridine rings is 1. The van der Waals surface area contributed by atoms with Crippen LogP contribution in [0.4, 0.5) is 17.1 Å². The van der Waals surface area contributed by atoms with Gasteiger partial charge in [0.15, 0.2) is 0 Å². The number of hydrogen-bond acceptors (Lipinski definition) is 7. The zero-order valence-electron chi connectivity index (χ0n) is 18.8. The maximum atomic E-state index is 11.9. The second kappa shape index (κ2) is 11.2. The van der Waals surface area contributed by atoms with Crippen LogP contribution in [-0.2, 0) is 10.1 Å². The Labute approximate surface area is 235 Å². The van der Waals surface area contributed by atoms with Crippen molar-refractivity contribution in [1.82, 2.24) is 4.98 Å². The number of nitrogens with zero attached hydrogens (tertiary/aromatic N) is 3. The molecule has 5 aromatic rings. The summed E-state index contributed by atoms with van der Waals surface area (Å²) in [7, 11) is -4.50. The van der Waals surface area contributed by atoms with E-state index in [9.17, 15) is 13.0 Å². The van der Waals surface area contributed by atoms with E-state index in [1.165, 1.54) is 6.07 Å². The molecule has 0 fully saturated rings. The van der Waals surface area contributed by atoms with Crippen LogP contribution in [0, 0.1) is 0 Å². The van der Waals surface area contributed by atoms with E-state index >= 15 is 0 Å². The van der Waals surface area contributed by atoms with E-state index in [1.54, 1.807) is 42.6 Å². The number of benzene rings is 4. The van der Waals surface area contributed by atoms with E-state index in [1.807, 2.05) is 54.6 Å². The SMILES string of the molecule is Nc1c(/N=N/c2ccc(-c3ccccc3Oc3ccccc3)nc2)cc(S(=O)(=O)O)c2ccccc12.[NaH]. The molecule has 1 heterocycles. The number of fused-ring (bicyclic) bond motifs is 1. The second-order valence-electron chi connectivity index (χ2n) is 7.84. The molecule has 0 aliphatic heterocycles. The summed E-state index contributed by atoms with van der Waals surface area (Å²) < 4.78 is 39.5. The summed E-state index contributed by atoms with van der Waals surface area (Å²) in [6.07, 6.45) is 1.54. The molecule has 0 aliphatic rings. The number of anilines is 1.